The average molecular weight is 441 g/mol. The van der Waals surface area contributed by atoms with E-state index in [0.29, 0.717) is 0 Å². The summed E-state index contributed by atoms with van der Waals surface area (Å²) in [4.78, 5) is 37.2. The largest absolute Gasteiger partial charge is 0.478 e. The number of hydrogen-bond acceptors (Lipinski definition) is 8. The van der Waals surface area contributed by atoms with Crippen molar-refractivity contribution in [3.63, 3.8) is 0 Å². The molecule has 0 aliphatic carbocycles. The SMILES string of the molecule is C=C(C)C(=O)O.C=C(C)C(=O)O.C=C(C)C(=O)O.CC(CO)(CO)CO.O=[N+]([O-])O. The molecular weight excluding hydrogens is 410 g/mol. The maximum absolute atomic E-state index is 9.60. The van der Waals surface area contributed by atoms with E-state index >= 15 is 0 Å². The first-order valence-corrected chi connectivity index (χ1v) is 7.67. The highest BCUT2D eigenvalue weighted by molar-refractivity contribution is 5.85. The topological polar surface area (TPSA) is 236 Å². The highest BCUT2D eigenvalue weighted by atomic mass is 16.9. The van der Waals surface area contributed by atoms with Crippen molar-refractivity contribution in [3.8, 4) is 0 Å². The number of carbonyl (C=O) groups is 3. The number of carboxylic acids is 3. The first kappa shape index (κ1) is 37.5. The van der Waals surface area contributed by atoms with Gasteiger partial charge in [0.2, 0.25) is 0 Å². The Balaban J connectivity index is -0.0000000882. The number of aliphatic hydroxyl groups excluding tert-OH is 3. The Morgan fingerprint density at radius 2 is 0.867 bits per heavy atom. The fourth-order valence-corrected chi connectivity index (χ4v) is 0.150. The summed E-state index contributed by atoms with van der Waals surface area (Å²) in [5.74, 6) is -2.81. The average Bonchev–Trinajstić information content (AvgIpc) is 2.61. The van der Waals surface area contributed by atoms with Crippen LogP contribution in [0, 0.1) is 15.5 Å². The minimum absolute atomic E-state index is 0.176. The molecule has 0 aliphatic rings. The zero-order valence-corrected chi connectivity index (χ0v) is 17.4. The van der Waals surface area contributed by atoms with Gasteiger partial charge in [-0.2, -0.15) is 0 Å². The molecule has 0 aromatic heterocycles. The molecule has 0 bridgehead atoms. The number of rotatable bonds is 6. The van der Waals surface area contributed by atoms with E-state index in [1.54, 1.807) is 6.92 Å². The minimum atomic E-state index is -1.50. The van der Waals surface area contributed by atoms with Gasteiger partial charge < -0.3 is 35.8 Å². The van der Waals surface area contributed by atoms with Gasteiger partial charge >= 0.3 is 17.9 Å². The first-order valence-electron chi connectivity index (χ1n) is 7.67. The normalized spacial score (nSPS) is 8.50. The maximum Gasteiger partial charge on any atom is 0.330 e. The molecule has 30 heavy (non-hydrogen) atoms. The van der Waals surface area contributed by atoms with Crippen LogP contribution in [0.2, 0.25) is 0 Å². The van der Waals surface area contributed by atoms with Crippen molar-refractivity contribution in [2.24, 2.45) is 5.41 Å². The molecule has 0 fully saturated rings. The van der Waals surface area contributed by atoms with Gasteiger partial charge in [-0.05, 0) is 20.8 Å². The number of nitrogens with zero attached hydrogens (tertiary/aromatic N) is 1. The van der Waals surface area contributed by atoms with Gasteiger partial charge in [-0.25, -0.2) is 14.4 Å². The summed E-state index contributed by atoms with van der Waals surface area (Å²) >= 11 is 0. The van der Waals surface area contributed by atoms with Gasteiger partial charge in [0, 0.05) is 22.1 Å². The monoisotopic (exact) mass is 441 g/mol. The molecule has 0 aliphatic heterocycles. The van der Waals surface area contributed by atoms with Crippen molar-refractivity contribution in [2.45, 2.75) is 27.7 Å². The van der Waals surface area contributed by atoms with Gasteiger partial charge in [0.25, 0.3) is 5.09 Å². The number of carboxylic acid groups (broad SMARTS) is 3. The van der Waals surface area contributed by atoms with Crippen molar-refractivity contribution < 1.29 is 55.3 Å². The Hall–Kier alpha value is -3.29. The Bertz CT molecular complexity index is 474. The van der Waals surface area contributed by atoms with Crippen LogP contribution in [0.5, 0.6) is 0 Å². The molecule has 0 rings (SSSR count). The Labute approximate surface area is 173 Å². The molecule has 0 saturated heterocycles. The third-order valence-corrected chi connectivity index (χ3v) is 2.24. The van der Waals surface area contributed by atoms with Crippen LogP contribution >= 0.6 is 0 Å². The Morgan fingerprint density at radius 1 is 0.767 bits per heavy atom. The van der Waals surface area contributed by atoms with Crippen LogP contribution in [0.4, 0.5) is 0 Å². The second-order valence-corrected chi connectivity index (χ2v) is 5.78. The van der Waals surface area contributed by atoms with Gasteiger partial charge in [0.15, 0.2) is 0 Å². The van der Waals surface area contributed by atoms with Gasteiger partial charge in [-0.1, -0.05) is 26.7 Å². The van der Waals surface area contributed by atoms with E-state index < -0.39 is 28.4 Å². The highest BCUT2D eigenvalue weighted by Crippen LogP contribution is 2.10. The maximum atomic E-state index is 9.60. The third kappa shape index (κ3) is 44.3. The summed E-state index contributed by atoms with van der Waals surface area (Å²) in [6.45, 7) is 14.9. The van der Waals surface area contributed by atoms with Crippen molar-refractivity contribution in [2.75, 3.05) is 19.8 Å². The van der Waals surface area contributed by atoms with Gasteiger partial charge in [0.05, 0.1) is 19.8 Å². The molecule has 0 amide bonds. The van der Waals surface area contributed by atoms with Gasteiger partial charge in [-0.3, -0.25) is 0 Å². The van der Waals surface area contributed by atoms with Crippen LogP contribution in [0.15, 0.2) is 36.5 Å². The molecule has 0 aromatic carbocycles. The summed E-state index contributed by atoms with van der Waals surface area (Å²) in [5.41, 5.74) is -0.181. The van der Waals surface area contributed by atoms with Crippen LogP contribution in [0.3, 0.4) is 0 Å². The molecule has 0 radical (unpaired) electrons. The molecule has 0 spiro atoms. The molecule has 13 heteroatoms. The molecule has 0 unspecified atom stereocenters. The molecule has 176 valence electrons. The molecule has 7 N–H and O–H groups in total. The smallest absolute Gasteiger partial charge is 0.330 e. The van der Waals surface area contributed by atoms with E-state index in [2.05, 4.69) is 19.7 Å². The van der Waals surface area contributed by atoms with E-state index in [1.807, 2.05) is 0 Å². The summed E-state index contributed by atoms with van der Waals surface area (Å²) in [5, 5.41) is 62.7. The fourth-order valence-electron chi connectivity index (χ4n) is 0.150. The Kier molecular flexibility index (Phi) is 27.5. The lowest BCUT2D eigenvalue weighted by molar-refractivity contribution is -0.742. The van der Waals surface area contributed by atoms with Crippen molar-refractivity contribution in [1.29, 1.82) is 0 Å². The molecule has 0 atom stereocenters. The van der Waals surface area contributed by atoms with E-state index in [9.17, 15) is 14.4 Å². The van der Waals surface area contributed by atoms with Crippen molar-refractivity contribution in [3.05, 3.63) is 46.6 Å². The van der Waals surface area contributed by atoms with E-state index in [4.69, 9.17) is 46.0 Å². The number of hydrogen-bond donors (Lipinski definition) is 7. The van der Waals surface area contributed by atoms with Crippen LogP contribution < -0.4 is 0 Å². The fraction of sp³-hybridized carbons (Fsp3) is 0.471. The first-order chi connectivity index (χ1) is 13.3. The second kappa shape index (κ2) is 22.0. The molecule has 0 saturated carbocycles. The second-order valence-electron chi connectivity index (χ2n) is 5.78. The molecular formula is C17H31NO12. The standard InChI is InChI=1S/C5H12O3.3C4H6O2.HNO3/c1-5(2-6,3-7)4-8;3*1-3(2)4(5)6;2-1(3)4/h6-8H,2-4H2,1H3;3*1H2,2H3,(H,5,6);(H,2,3,4). The van der Waals surface area contributed by atoms with Crippen molar-refractivity contribution in [1.82, 2.24) is 0 Å². The van der Waals surface area contributed by atoms with E-state index in [-0.39, 0.29) is 36.5 Å². The number of aliphatic carboxylic acids is 3. The predicted molar refractivity (Wildman–Crippen MR) is 105 cm³/mol. The molecule has 0 aromatic rings. The zero-order valence-electron chi connectivity index (χ0n) is 17.4. The van der Waals surface area contributed by atoms with Crippen LogP contribution in [-0.4, -0.2) is 78.7 Å². The van der Waals surface area contributed by atoms with Crippen LogP contribution in [-0.2, 0) is 14.4 Å². The van der Waals surface area contributed by atoms with Gasteiger partial charge in [0.1, 0.15) is 0 Å². The van der Waals surface area contributed by atoms with Crippen LogP contribution in [0.1, 0.15) is 27.7 Å². The molecule has 0 heterocycles. The minimum Gasteiger partial charge on any atom is -0.478 e. The van der Waals surface area contributed by atoms with E-state index in [0.717, 1.165) is 0 Å². The summed E-state index contributed by atoms with van der Waals surface area (Å²) < 4.78 is 0. The third-order valence-electron chi connectivity index (χ3n) is 2.24. The van der Waals surface area contributed by atoms with Crippen LogP contribution in [0.25, 0.3) is 0 Å². The lowest BCUT2D eigenvalue weighted by atomic mass is 9.95. The zero-order chi connectivity index (χ0) is 25.7. The van der Waals surface area contributed by atoms with Gasteiger partial charge in [-0.15, -0.1) is 10.1 Å². The Morgan fingerprint density at radius 3 is 0.867 bits per heavy atom. The van der Waals surface area contributed by atoms with Crippen molar-refractivity contribution >= 4 is 17.9 Å². The lowest BCUT2D eigenvalue weighted by Crippen LogP contribution is -2.29. The summed E-state index contributed by atoms with van der Waals surface area (Å²) in [6.07, 6.45) is 0. The quantitative estimate of drug-likeness (QED) is 0.170. The lowest BCUT2D eigenvalue weighted by Gasteiger charge is -2.20. The summed E-state index contributed by atoms with van der Waals surface area (Å²) in [6, 6.07) is 0. The van der Waals surface area contributed by atoms with E-state index in [1.165, 1.54) is 20.8 Å². The highest BCUT2D eigenvalue weighted by Gasteiger charge is 2.20. The number of aliphatic hydroxyl groups is 3. The predicted octanol–water partition coefficient (Wildman–Crippen LogP) is 0.563. The molecule has 13 nitrogen and oxygen atoms in total. The summed E-state index contributed by atoms with van der Waals surface area (Å²) in [7, 11) is 0.